The summed E-state index contributed by atoms with van der Waals surface area (Å²) in [6.45, 7) is 2.40. The number of carbonyl (C=O) groups excluding carboxylic acids is 1. The molecule has 0 radical (unpaired) electrons. The van der Waals surface area contributed by atoms with E-state index in [1.54, 1.807) is 19.2 Å². The Labute approximate surface area is 199 Å². The fourth-order valence-electron chi connectivity index (χ4n) is 3.03. The van der Waals surface area contributed by atoms with Gasteiger partial charge >= 0.3 is 0 Å². The molecule has 172 valence electrons. The van der Waals surface area contributed by atoms with Gasteiger partial charge in [0.2, 0.25) is 0 Å². The minimum absolute atomic E-state index is 0.120. The van der Waals surface area contributed by atoms with Crippen molar-refractivity contribution >= 4 is 23.7 Å². The lowest BCUT2D eigenvalue weighted by Gasteiger charge is -2.11. The highest BCUT2D eigenvalue weighted by Gasteiger charge is 2.06. The van der Waals surface area contributed by atoms with Gasteiger partial charge in [-0.25, -0.2) is 5.43 Å². The van der Waals surface area contributed by atoms with Gasteiger partial charge in [0.25, 0.3) is 5.91 Å². The highest BCUT2D eigenvalue weighted by molar-refractivity contribution is 6.30. The maximum absolute atomic E-state index is 12.0. The van der Waals surface area contributed by atoms with Crippen molar-refractivity contribution < 1.29 is 19.0 Å². The molecule has 3 rings (SSSR count). The van der Waals surface area contributed by atoms with E-state index in [1.165, 1.54) is 11.8 Å². The molecule has 0 heterocycles. The number of hydrazone groups is 1. The van der Waals surface area contributed by atoms with Crippen LogP contribution in [0.2, 0.25) is 5.02 Å². The maximum Gasteiger partial charge on any atom is 0.277 e. The van der Waals surface area contributed by atoms with E-state index < -0.39 is 0 Å². The van der Waals surface area contributed by atoms with Gasteiger partial charge in [0.05, 0.1) is 13.3 Å². The molecule has 1 N–H and O–H groups in total. The monoisotopic (exact) mass is 466 g/mol. The third-order valence-corrected chi connectivity index (χ3v) is 4.98. The topological polar surface area (TPSA) is 69.2 Å². The van der Waals surface area contributed by atoms with E-state index in [4.69, 9.17) is 25.8 Å². The van der Waals surface area contributed by atoms with Gasteiger partial charge in [-0.2, -0.15) is 5.10 Å². The summed E-state index contributed by atoms with van der Waals surface area (Å²) in [4.78, 5) is 12.0. The molecule has 33 heavy (non-hydrogen) atoms. The Morgan fingerprint density at radius 3 is 2.39 bits per heavy atom. The number of aryl methyl sites for hydroxylation is 1. The van der Waals surface area contributed by atoms with Crippen molar-refractivity contribution in [3.05, 3.63) is 88.4 Å². The SMILES string of the molecule is CCCc1ccc(OCC(=O)N/N=C/c2ccc(OCc3ccc(Cl)cc3)c(OC)c2)cc1. The number of amides is 1. The first-order valence-corrected chi connectivity index (χ1v) is 11.0. The number of nitrogens with one attached hydrogen (secondary N) is 1. The molecular weight excluding hydrogens is 440 g/mol. The number of nitrogens with zero attached hydrogens (tertiary/aromatic N) is 1. The second kappa shape index (κ2) is 12.5. The Morgan fingerprint density at radius 2 is 1.70 bits per heavy atom. The molecule has 0 unspecified atom stereocenters. The smallest absolute Gasteiger partial charge is 0.277 e. The van der Waals surface area contributed by atoms with Gasteiger partial charge in [-0.05, 0) is 65.6 Å². The van der Waals surface area contributed by atoms with Crippen LogP contribution >= 0.6 is 11.6 Å². The van der Waals surface area contributed by atoms with Crippen molar-refractivity contribution in [2.75, 3.05) is 13.7 Å². The lowest BCUT2D eigenvalue weighted by Crippen LogP contribution is -2.24. The Bertz CT molecular complexity index is 1070. The van der Waals surface area contributed by atoms with Crippen molar-refractivity contribution in [3.8, 4) is 17.2 Å². The largest absolute Gasteiger partial charge is 0.493 e. The van der Waals surface area contributed by atoms with E-state index in [2.05, 4.69) is 17.5 Å². The predicted molar refractivity (Wildman–Crippen MR) is 130 cm³/mol. The normalized spacial score (nSPS) is 10.8. The van der Waals surface area contributed by atoms with Crippen molar-refractivity contribution in [2.24, 2.45) is 5.10 Å². The molecule has 0 aromatic heterocycles. The van der Waals surface area contributed by atoms with Gasteiger partial charge < -0.3 is 14.2 Å². The molecule has 1 amide bonds. The van der Waals surface area contributed by atoms with Crippen molar-refractivity contribution in [3.63, 3.8) is 0 Å². The molecular formula is C26H27ClN2O4. The quantitative estimate of drug-likeness (QED) is 0.303. The van der Waals surface area contributed by atoms with Gasteiger partial charge in [-0.3, -0.25) is 4.79 Å². The Balaban J connectivity index is 1.48. The Kier molecular flexibility index (Phi) is 9.15. The van der Waals surface area contributed by atoms with Crippen molar-refractivity contribution in [2.45, 2.75) is 26.4 Å². The molecule has 0 spiro atoms. The summed E-state index contributed by atoms with van der Waals surface area (Å²) in [5, 5.41) is 4.67. The fraction of sp³-hybridized carbons (Fsp3) is 0.231. The molecule has 0 saturated carbocycles. The predicted octanol–water partition coefficient (Wildman–Crippen LogP) is 5.41. The van der Waals surface area contributed by atoms with Crippen LogP contribution in [0.5, 0.6) is 17.2 Å². The van der Waals surface area contributed by atoms with Crippen LogP contribution in [0.4, 0.5) is 0 Å². The number of halogens is 1. The minimum Gasteiger partial charge on any atom is -0.493 e. The van der Waals surface area contributed by atoms with Crippen LogP contribution in [0.1, 0.15) is 30.0 Å². The zero-order valence-electron chi connectivity index (χ0n) is 18.7. The van der Waals surface area contributed by atoms with E-state index >= 15 is 0 Å². The zero-order valence-corrected chi connectivity index (χ0v) is 19.5. The van der Waals surface area contributed by atoms with Crippen LogP contribution in [0, 0.1) is 0 Å². The summed E-state index contributed by atoms with van der Waals surface area (Å²) < 4.78 is 16.8. The first-order valence-electron chi connectivity index (χ1n) is 10.7. The third-order valence-electron chi connectivity index (χ3n) is 4.73. The Hall–Kier alpha value is -3.51. The number of methoxy groups -OCH3 is 1. The maximum atomic E-state index is 12.0. The second-order valence-electron chi connectivity index (χ2n) is 7.30. The molecule has 3 aromatic carbocycles. The molecule has 0 fully saturated rings. The van der Waals surface area contributed by atoms with Crippen LogP contribution in [-0.4, -0.2) is 25.8 Å². The molecule has 0 aliphatic rings. The van der Waals surface area contributed by atoms with Crippen LogP contribution in [0.15, 0.2) is 71.8 Å². The third kappa shape index (κ3) is 7.84. The number of carbonyl (C=O) groups is 1. The molecule has 0 aliphatic heterocycles. The highest BCUT2D eigenvalue weighted by atomic mass is 35.5. The second-order valence-corrected chi connectivity index (χ2v) is 7.74. The molecule has 0 aliphatic carbocycles. The molecule has 6 nitrogen and oxygen atoms in total. The van der Waals surface area contributed by atoms with E-state index in [9.17, 15) is 4.79 Å². The van der Waals surface area contributed by atoms with E-state index in [0.717, 1.165) is 24.0 Å². The summed E-state index contributed by atoms with van der Waals surface area (Å²) in [7, 11) is 1.57. The van der Waals surface area contributed by atoms with Crippen molar-refractivity contribution in [1.29, 1.82) is 0 Å². The summed E-state index contributed by atoms with van der Waals surface area (Å²) in [5.74, 6) is 1.47. The van der Waals surface area contributed by atoms with Gasteiger partial charge in [-0.15, -0.1) is 0 Å². The Morgan fingerprint density at radius 1 is 0.970 bits per heavy atom. The average molecular weight is 467 g/mol. The van der Waals surface area contributed by atoms with E-state index in [-0.39, 0.29) is 12.5 Å². The first-order chi connectivity index (χ1) is 16.1. The van der Waals surface area contributed by atoms with Gasteiger partial charge in [0, 0.05) is 5.02 Å². The molecule has 7 heteroatoms. The van der Waals surface area contributed by atoms with Crippen LogP contribution in [-0.2, 0) is 17.8 Å². The van der Waals surface area contributed by atoms with E-state index in [1.807, 2.05) is 54.6 Å². The van der Waals surface area contributed by atoms with Gasteiger partial charge in [0.15, 0.2) is 18.1 Å². The first kappa shape index (κ1) is 24.1. The summed E-state index contributed by atoms with van der Waals surface area (Å²) in [5.41, 5.74) is 5.45. The number of benzene rings is 3. The van der Waals surface area contributed by atoms with Crippen LogP contribution in [0.25, 0.3) is 0 Å². The summed E-state index contributed by atoms with van der Waals surface area (Å²) in [6.07, 6.45) is 3.64. The zero-order chi connectivity index (χ0) is 23.5. The van der Waals surface area contributed by atoms with Crippen molar-refractivity contribution in [1.82, 2.24) is 5.43 Å². The molecule has 0 bridgehead atoms. The number of hydrogen-bond donors (Lipinski definition) is 1. The van der Waals surface area contributed by atoms with E-state index in [0.29, 0.717) is 28.9 Å². The highest BCUT2D eigenvalue weighted by Crippen LogP contribution is 2.28. The number of hydrogen-bond acceptors (Lipinski definition) is 5. The number of rotatable bonds is 11. The average Bonchev–Trinajstić information content (AvgIpc) is 2.84. The minimum atomic E-state index is -0.348. The fourth-order valence-corrected chi connectivity index (χ4v) is 3.15. The molecule has 0 saturated heterocycles. The summed E-state index contributed by atoms with van der Waals surface area (Å²) >= 11 is 5.91. The van der Waals surface area contributed by atoms with Gasteiger partial charge in [0.1, 0.15) is 12.4 Å². The lowest BCUT2D eigenvalue weighted by molar-refractivity contribution is -0.123. The number of ether oxygens (including phenoxy) is 3. The van der Waals surface area contributed by atoms with Crippen LogP contribution in [0.3, 0.4) is 0 Å². The summed E-state index contributed by atoms with van der Waals surface area (Å²) in [6, 6.07) is 20.6. The van der Waals surface area contributed by atoms with Crippen LogP contribution < -0.4 is 19.6 Å². The molecule has 0 atom stereocenters. The molecule has 3 aromatic rings. The lowest BCUT2D eigenvalue weighted by atomic mass is 10.1. The van der Waals surface area contributed by atoms with Gasteiger partial charge in [-0.1, -0.05) is 49.2 Å². The standard InChI is InChI=1S/C26H27ClN2O4/c1-3-4-19-7-12-23(13-8-19)32-18-26(30)29-28-16-21-9-14-24(25(15-21)31-2)33-17-20-5-10-22(27)11-6-20/h5-16H,3-4,17-18H2,1-2H3,(H,29,30)/b28-16+.